The normalized spacial score (nSPS) is 11.6. The van der Waals surface area contributed by atoms with Crippen LogP contribution in [0, 0.1) is 11.6 Å². The minimum absolute atomic E-state index is 0.276. The molecule has 64 heavy (non-hydrogen) atoms. The number of aromatic nitrogens is 5. The molecule has 0 atom stereocenters. The number of rotatable bonds is 7. The van der Waals surface area contributed by atoms with Crippen molar-refractivity contribution in [3.05, 3.63) is 224 Å². The van der Waals surface area contributed by atoms with Crippen molar-refractivity contribution < 1.29 is 8.78 Å². The van der Waals surface area contributed by atoms with Gasteiger partial charge in [-0.3, -0.25) is 4.57 Å². The van der Waals surface area contributed by atoms with Gasteiger partial charge in [0, 0.05) is 38.4 Å². The number of benzene rings is 9. The van der Waals surface area contributed by atoms with Gasteiger partial charge in [0.25, 0.3) is 0 Å². The van der Waals surface area contributed by atoms with E-state index in [0.717, 1.165) is 83.0 Å². The zero-order valence-corrected chi connectivity index (χ0v) is 34.2. The van der Waals surface area contributed by atoms with E-state index in [1.54, 1.807) is 24.3 Å². The first-order chi connectivity index (χ1) is 31.5. The SMILES string of the molecule is Fc1ccc(-c2ccc(-c3nc(-c4ccc(-c5ccc(F)cc5)cc4)nc(-n4c5ccccc5c5ccc(-c6ccc7c(c6)c6ccccc6n7-c6ccccc6)cc54)n3)cc2)cc1. The fraction of sp³-hybridized carbons (Fsp3) is 0. The van der Waals surface area contributed by atoms with Gasteiger partial charge >= 0.3 is 0 Å². The van der Waals surface area contributed by atoms with Gasteiger partial charge in [0.05, 0.1) is 22.1 Å². The van der Waals surface area contributed by atoms with Gasteiger partial charge < -0.3 is 4.57 Å². The molecule has 7 heteroatoms. The molecule has 0 bridgehead atoms. The molecule has 3 aromatic heterocycles. The first-order valence-corrected chi connectivity index (χ1v) is 21.1. The van der Waals surface area contributed by atoms with Gasteiger partial charge in [0.2, 0.25) is 5.95 Å². The lowest BCUT2D eigenvalue weighted by molar-refractivity contribution is 0.627. The van der Waals surface area contributed by atoms with Gasteiger partial charge in [-0.05, 0) is 100 Å². The molecule has 12 aromatic rings. The number of hydrogen-bond donors (Lipinski definition) is 0. The summed E-state index contributed by atoms with van der Waals surface area (Å²) < 4.78 is 32.0. The molecule has 0 fully saturated rings. The van der Waals surface area contributed by atoms with E-state index >= 15 is 0 Å². The highest BCUT2D eigenvalue weighted by atomic mass is 19.1. The van der Waals surface area contributed by atoms with Crippen LogP contribution >= 0.6 is 0 Å². The minimum Gasteiger partial charge on any atom is -0.309 e. The zero-order valence-electron chi connectivity index (χ0n) is 34.2. The predicted octanol–water partition coefficient (Wildman–Crippen LogP) is 14.7. The van der Waals surface area contributed by atoms with E-state index in [-0.39, 0.29) is 11.6 Å². The monoisotopic (exact) mass is 827 g/mol. The summed E-state index contributed by atoms with van der Waals surface area (Å²) in [5.41, 5.74) is 12.9. The minimum atomic E-state index is -0.276. The van der Waals surface area contributed by atoms with Crippen molar-refractivity contribution in [1.29, 1.82) is 0 Å². The highest BCUT2D eigenvalue weighted by Gasteiger charge is 2.20. The van der Waals surface area contributed by atoms with Crippen molar-refractivity contribution in [3.8, 4) is 67.8 Å². The Hall–Kier alpha value is -8.55. The third-order valence-corrected chi connectivity index (χ3v) is 12.2. The summed E-state index contributed by atoms with van der Waals surface area (Å²) >= 11 is 0. The molecule has 0 aliphatic heterocycles. The van der Waals surface area contributed by atoms with Crippen molar-refractivity contribution in [1.82, 2.24) is 24.1 Å². The van der Waals surface area contributed by atoms with Crippen molar-refractivity contribution >= 4 is 43.6 Å². The largest absolute Gasteiger partial charge is 0.309 e. The Morgan fingerprint density at radius 3 is 1.27 bits per heavy atom. The molecule has 0 saturated carbocycles. The lowest BCUT2D eigenvalue weighted by atomic mass is 10.0. The summed E-state index contributed by atoms with van der Waals surface area (Å²) in [4.78, 5) is 15.5. The fourth-order valence-electron chi connectivity index (χ4n) is 9.00. The molecule has 12 rings (SSSR count). The molecule has 0 N–H and O–H groups in total. The van der Waals surface area contributed by atoms with E-state index in [1.807, 2.05) is 60.7 Å². The molecule has 0 radical (unpaired) electrons. The van der Waals surface area contributed by atoms with Crippen LogP contribution in [0.15, 0.2) is 212 Å². The van der Waals surface area contributed by atoms with Gasteiger partial charge in [0.15, 0.2) is 11.6 Å². The number of halogens is 2. The molecule has 5 nitrogen and oxygen atoms in total. The summed E-state index contributed by atoms with van der Waals surface area (Å²) in [6.07, 6.45) is 0. The summed E-state index contributed by atoms with van der Waals surface area (Å²) in [6.45, 7) is 0. The highest BCUT2D eigenvalue weighted by Crippen LogP contribution is 2.38. The Bertz CT molecular complexity index is 3600. The number of hydrogen-bond acceptors (Lipinski definition) is 3. The second-order valence-corrected chi connectivity index (χ2v) is 16.0. The Kier molecular flexibility index (Phi) is 8.79. The van der Waals surface area contributed by atoms with E-state index in [9.17, 15) is 8.78 Å². The summed E-state index contributed by atoms with van der Waals surface area (Å²) in [6, 6.07) is 69.8. The molecule has 0 aliphatic carbocycles. The first kappa shape index (κ1) is 37.2. The molecular weight excluding hydrogens is 793 g/mol. The van der Waals surface area contributed by atoms with Crippen LogP contribution in [0.2, 0.25) is 0 Å². The van der Waals surface area contributed by atoms with Crippen LogP contribution in [0.25, 0.3) is 111 Å². The third kappa shape index (κ3) is 6.41. The van der Waals surface area contributed by atoms with Crippen LogP contribution in [0.1, 0.15) is 0 Å². The second kappa shape index (κ2) is 15.1. The van der Waals surface area contributed by atoms with Gasteiger partial charge in [-0.1, -0.05) is 146 Å². The van der Waals surface area contributed by atoms with Crippen molar-refractivity contribution in [2.75, 3.05) is 0 Å². The maximum Gasteiger partial charge on any atom is 0.238 e. The van der Waals surface area contributed by atoms with Gasteiger partial charge in [-0.2, -0.15) is 9.97 Å². The molecule has 3 heterocycles. The standard InChI is InChI=1S/C57H35F2N5/c58-44-28-22-38(23-29-44)36-14-18-40(19-15-36)55-60-56(41-20-16-37(17-21-41)39-24-30-45(59)31-25-39)62-57(61-55)64-52-13-7-4-10-47(52)49-32-26-43(35-54(49)64)42-27-33-53-50(34-42)48-11-5-6-12-51(48)63(53)46-8-2-1-3-9-46/h1-35H. The van der Waals surface area contributed by atoms with E-state index in [4.69, 9.17) is 15.0 Å². The Labute approximate surface area is 366 Å². The molecule has 0 saturated heterocycles. The van der Waals surface area contributed by atoms with Crippen LogP contribution in [0.4, 0.5) is 8.78 Å². The average Bonchev–Trinajstić information content (AvgIpc) is 3.87. The molecule has 0 spiro atoms. The first-order valence-electron chi connectivity index (χ1n) is 21.1. The highest BCUT2D eigenvalue weighted by molar-refractivity contribution is 6.12. The maximum absolute atomic E-state index is 13.8. The third-order valence-electron chi connectivity index (χ3n) is 12.2. The molecule has 0 amide bonds. The zero-order chi connectivity index (χ0) is 42.7. The smallest absolute Gasteiger partial charge is 0.238 e. The summed E-state index contributed by atoms with van der Waals surface area (Å²) in [5, 5.41) is 4.54. The molecule has 302 valence electrons. The summed E-state index contributed by atoms with van der Waals surface area (Å²) in [7, 11) is 0. The van der Waals surface area contributed by atoms with E-state index in [2.05, 4.69) is 112 Å². The molecule has 0 aliphatic rings. The van der Waals surface area contributed by atoms with Gasteiger partial charge in [-0.15, -0.1) is 0 Å². The van der Waals surface area contributed by atoms with E-state index in [1.165, 1.54) is 35.0 Å². The summed E-state index contributed by atoms with van der Waals surface area (Å²) in [5.74, 6) is 0.949. The fourth-order valence-corrected chi connectivity index (χ4v) is 9.00. The number of para-hydroxylation sites is 3. The molecule has 0 unspecified atom stereocenters. The number of fused-ring (bicyclic) bond motifs is 6. The topological polar surface area (TPSA) is 48.5 Å². The van der Waals surface area contributed by atoms with Crippen LogP contribution in [-0.4, -0.2) is 24.1 Å². The Morgan fingerprint density at radius 2 is 0.688 bits per heavy atom. The lowest BCUT2D eigenvalue weighted by Gasteiger charge is -2.12. The molecular formula is C57H35F2N5. The Balaban J connectivity index is 1.03. The van der Waals surface area contributed by atoms with Crippen LogP contribution in [0.5, 0.6) is 0 Å². The van der Waals surface area contributed by atoms with Gasteiger partial charge in [0.1, 0.15) is 11.6 Å². The lowest BCUT2D eigenvalue weighted by Crippen LogP contribution is -2.06. The second-order valence-electron chi connectivity index (χ2n) is 16.0. The Morgan fingerprint density at radius 1 is 0.281 bits per heavy atom. The van der Waals surface area contributed by atoms with Crippen LogP contribution < -0.4 is 0 Å². The van der Waals surface area contributed by atoms with Gasteiger partial charge in [-0.25, -0.2) is 13.8 Å². The quantitative estimate of drug-likeness (QED) is 0.161. The van der Waals surface area contributed by atoms with Crippen molar-refractivity contribution in [3.63, 3.8) is 0 Å². The van der Waals surface area contributed by atoms with E-state index in [0.29, 0.717) is 17.6 Å². The maximum atomic E-state index is 13.8. The van der Waals surface area contributed by atoms with Crippen LogP contribution in [-0.2, 0) is 0 Å². The van der Waals surface area contributed by atoms with Crippen LogP contribution in [0.3, 0.4) is 0 Å². The van der Waals surface area contributed by atoms with E-state index < -0.39 is 0 Å². The van der Waals surface area contributed by atoms with Crippen molar-refractivity contribution in [2.45, 2.75) is 0 Å². The van der Waals surface area contributed by atoms with Crippen molar-refractivity contribution in [2.24, 2.45) is 0 Å². The average molecular weight is 828 g/mol. The molecule has 9 aromatic carbocycles. The predicted molar refractivity (Wildman–Crippen MR) is 256 cm³/mol. The number of nitrogens with zero attached hydrogens (tertiary/aromatic N) is 5.